The molecule has 1 fully saturated rings. The van der Waals surface area contributed by atoms with Crippen LogP contribution in [0.1, 0.15) is 12.8 Å². The van der Waals surface area contributed by atoms with E-state index in [-0.39, 0.29) is 5.75 Å². The Kier molecular flexibility index (Phi) is 3.79. The quantitative estimate of drug-likeness (QED) is 0.851. The van der Waals surface area contributed by atoms with E-state index in [1.807, 2.05) is 0 Å². The maximum Gasteiger partial charge on any atom is 0.573 e. The van der Waals surface area contributed by atoms with Crippen molar-refractivity contribution in [2.45, 2.75) is 24.4 Å². The van der Waals surface area contributed by atoms with Crippen LogP contribution in [-0.4, -0.2) is 27.3 Å². The van der Waals surface area contributed by atoms with Crippen molar-refractivity contribution in [2.24, 2.45) is 5.92 Å². The fourth-order valence-electron chi connectivity index (χ4n) is 1.73. The van der Waals surface area contributed by atoms with E-state index in [1.165, 1.54) is 37.1 Å². The molecule has 0 bridgehead atoms. The fourth-order valence-corrected chi connectivity index (χ4v) is 2.72. The van der Waals surface area contributed by atoms with Gasteiger partial charge in [-0.05, 0) is 43.0 Å². The summed E-state index contributed by atoms with van der Waals surface area (Å²) in [5, 5.41) is 7.54. The standard InChI is InChI=1S/C13H12F3N3OS/c14-13(15,16)20-10-5-3-9(4-6-10)11-17-12(19-18-11)21-7-8-1-2-8/h3-6,8H,1-2,7H2,(H,17,18,19). The molecule has 1 aromatic heterocycles. The van der Waals surface area contributed by atoms with Gasteiger partial charge in [0, 0.05) is 11.3 Å². The lowest BCUT2D eigenvalue weighted by Gasteiger charge is -2.08. The van der Waals surface area contributed by atoms with Gasteiger partial charge in [0.25, 0.3) is 0 Å². The van der Waals surface area contributed by atoms with Gasteiger partial charge in [-0.3, -0.25) is 5.10 Å². The number of aromatic nitrogens is 3. The molecule has 0 atom stereocenters. The first-order chi connectivity index (χ1) is 9.99. The van der Waals surface area contributed by atoms with E-state index < -0.39 is 6.36 Å². The molecule has 1 saturated carbocycles. The number of nitrogens with one attached hydrogen (secondary N) is 1. The first-order valence-electron chi connectivity index (χ1n) is 6.41. The summed E-state index contributed by atoms with van der Waals surface area (Å²) in [7, 11) is 0. The summed E-state index contributed by atoms with van der Waals surface area (Å²) in [6.45, 7) is 0. The molecule has 8 heteroatoms. The molecule has 112 valence electrons. The number of H-pyrrole nitrogens is 1. The fraction of sp³-hybridized carbons (Fsp3) is 0.385. The van der Waals surface area contributed by atoms with Crippen LogP contribution in [0.4, 0.5) is 13.2 Å². The largest absolute Gasteiger partial charge is 0.573 e. The molecular formula is C13H12F3N3OS. The smallest absolute Gasteiger partial charge is 0.406 e. The van der Waals surface area contributed by atoms with Gasteiger partial charge in [-0.15, -0.1) is 18.3 Å². The van der Waals surface area contributed by atoms with Crippen LogP contribution in [0.3, 0.4) is 0 Å². The number of rotatable bonds is 5. The Morgan fingerprint density at radius 1 is 1.24 bits per heavy atom. The minimum Gasteiger partial charge on any atom is -0.406 e. The highest BCUT2D eigenvalue weighted by atomic mass is 32.2. The normalized spacial score (nSPS) is 15.2. The molecule has 1 N–H and O–H groups in total. The summed E-state index contributed by atoms with van der Waals surface area (Å²) in [4.78, 5) is 4.32. The number of aromatic amines is 1. The Labute approximate surface area is 123 Å². The molecule has 1 aliphatic rings. The van der Waals surface area contributed by atoms with Crippen LogP contribution >= 0.6 is 11.8 Å². The number of hydrogen-bond acceptors (Lipinski definition) is 4. The zero-order valence-electron chi connectivity index (χ0n) is 10.9. The van der Waals surface area contributed by atoms with Gasteiger partial charge in [0.15, 0.2) is 5.82 Å². The Morgan fingerprint density at radius 2 is 1.95 bits per heavy atom. The van der Waals surface area contributed by atoms with Crippen LogP contribution in [0, 0.1) is 5.92 Å². The van der Waals surface area contributed by atoms with E-state index in [9.17, 15) is 13.2 Å². The van der Waals surface area contributed by atoms with E-state index in [0.717, 1.165) is 11.7 Å². The Bertz CT molecular complexity index is 608. The lowest BCUT2D eigenvalue weighted by Crippen LogP contribution is -2.16. The van der Waals surface area contributed by atoms with Gasteiger partial charge in [0.1, 0.15) is 5.75 Å². The van der Waals surface area contributed by atoms with Crippen molar-refractivity contribution in [3.05, 3.63) is 24.3 Å². The summed E-state index contributed by atoms with van der Waals surface area (Å²) < 4.78 is 40.0. The van der Waals surface area contributed by atoms with Crippen molar-refractivity contribution in [3.8, 4) is 17.1 Å². The van der Waals surface area contributed by atoms with E-state index in [4.69, 9.17) is 0 Å². The second-order valence-electron chi connectivity index (χ2n) is 4.79. The maximum absolute atomic E-state index is 12.1. The average Bonchev–Trinajstić information content (AvgIpc) is 3.13. The van der Waals surface area contributed by atoms with Crippen LogP contribution in [0.15, 0.2) is 29.4 Å². The minimum atomic E-state index is -4.68. The van der Waals surface area contributed by atoms with Crippen LogP contribution in [-0.2, 0) is 0 Å². The van der Waals surface area contributed by atoms with Crippen LogP contribution in [0.5, 0.6) is 5.75 Å². The Hall–Kier alpha value is -1.70. The molecule has 0 saturated heterocycles. The monoisotopic (exact) mass is 315 g/mol. The first-order valence-corrected chi connectivity index (χ1v) is 7.39. The van der Waals surface area contributed by atoms with Gasteiger partial charge in [-0.1, -0.05) is 11.8 Å². The van der Waals surface area contributed by atoms with Crippen molar-refractivity contribution in [3.63, 3.8) is 0 Å². The summed E-state index contributed by atoms with van der Waals surface area (Å²) in [5.74, 6) is 2.06. The van der Waals surface area contributed by atoms with E-state index >= 15 is 0 Å². The van der Waals surface area contributed by atoms with Gasteiger partial charge >= 0.3 is 6.36 Å². The van der Waals surface area contributed by atoms with E-state index in [1.54, 1.807) is 11.8 Å². The van der Waals surface area contributed by atoms with E-state index in [2.05, 4.69) is 19.9 Å². The summed E-state index contributed by atoms with van der Waals surface area (Å²) in [6.07, 6.45) is -2.14. The predicted molar refractivity (Wildman–Crippen MR) is 71.9 cm³/mol. The van der Waals surface area contributed by atoms with Crippen molar-refractivity contribution in [1.29, 1.82) is 0 Å². The van der Waals surface area contributed by atoms with Crippen molar-refractivity contribution in [1.82, 2.24) is 15.2 Å². The van der Waals surface area contributed by atoms with Crippen molar-refractivity contribution in [2.75, 3.05) is 5.75 Å². The van der Waals surface area contributed by atoms with Gasteiger partial charge in [-0.25, -0.2) is 4.98 Å². The molecule has 21 heavy (non-hydrogen) atoms. The first kappa shape index (κ1) is 14.2. The number of hydrogen-bond donors (Lipinski definition) is 1. The minimum absolute atomic E-state index is 0.255. The molecule has 3 rings (SSSR count). The number of halogens is 3. The highest BCUT2D eigenvalue weighted by molar-refractivity contribution is 7.99. The molecule has 2 aromatic rings. The molecule has 0 unspecified atom stereocenters. The lowest BCUT2D eigenvalue weighted by molar-refractivity contribution is -0.274. The van der Waals surface area contributed by atoms with E-state index in [0.29, 0.717) is 16.5 Å². The van der Waals surface area contributed by atoms with Crippen LogP contribution < -0.4 is 4.74 Å². The molecule has 1 aliphatic carbocycles. The molecule has 0 radical (unpaired) electrons. The summed E-state index contributed by atoms with van der Waals surface area (Å²) in [6, 6.07) is 5.53. The molecule has 0 aliphatic heterocycles. The van der Waals surface area contributed by atoms with Gasteiger partial charge in [-0.2, -0.15) is 0 Å². The molecule has 4 nitrogen and oxygen atoms in total. The third-order valence-electron chi connectivity index (χ3n) is 2.97. The molecule has 1 aromatic carbocycles. The third-order valence-corrected chi connectivity index (χ3v) is 4.05. The zero-order valence-corrected chi connectivity index (χ0v) is 11.7. The van der Waals surface area contributed by atoms with Crippen molar-refractivity contribution < 1.29 is 17.9 Å². The number of thioether (sulfide) groups is 1. The third kappa shape index (κ3) is 4.13. The highest BCUT2D eigenvalue weighted by Gasteiger charge is 2.31. The number of alkyl halides is 3. The van der Waals surface area contributed by atoms with Gasteiger partial charge in [0.2, 0.25) is 5.16 Å². The topological polar surface area (TPSA) is 50.8 Å². The maximum atomic E-state index is 12.1. The molecule has 1 heterocycles. The lowest BCUT2D eigenvalue weighted by atomic mass is 10.2. The SMILES string of the molecule is FC(F)(F)Oc1ccc(-c2nc(SCC3CC3)n[nH]2)cc1. The number of benzene rings is 1. The number of nitrogens with zero attached hydrogens (tertiary/aromatic N) is 2. The number of ether oxygens (including phenoxy) is 1. The Morgan fingerprint density at radius 3 is 2.57 bits per heavy atom. The second-order valence-corrected chi connectivity index (χ2v) is 5.78. The highest BCUT2D eigenvalue weighted by Crippen LogP contribution is 2.34. The van der Waals surface area contributed by atoms with Crippen LogP contribution in [0.25, 0.3) is 11.4 Å². The summed E-state index contributed by atoms with van der Waals surface area (Å²) >= 11 is 1.59. The average molecular weight is 315 g/mol. The second kappa shape index (κ2) is 5.59. The van der Waals surface area contributed by atoms with Gasteiger partial charge in [0.05, 0.1) is 0 Å². The Balaban J connectivity index is 1.65. The summed E-state index contributed by atoms with van der Waals surface area (Å²) in [5.41, 5.74) is 0.662. The molecule has 0 amide bonds. The molecule has 0 spiro atoms. The van der Waals surface area contributed by atoms with Gasteiger partial charge < -0.3 is 4.74 Å². The van der Waals surface area contributed by atoms with Crippen LogP contribution in [0.2, 0.25) is 0 Å². The predicted octanol–water partition coefficient (Wildman–Crippen LogP) is 3.87. The zero-order chi connectivity index (χ0) is 14.9. The van der Waals surface area contributed by atoms with Crippen molar-refractivity contribution >= 4 is 11.8 Å². The molecular weight excluding hydrogens is 303 g/mol.